The summed E-state index contributed by atoms with van der Waals surface area (Å²) in [5.74, 6) is 0.0647. The predicted octanol–water partition coefficient (Wildman–Crippen LogP) is 0.923. The van der Waals surface area contributed by atoms with Gasteiger partial charge in [-0.25, -0.2) is 4.79 Å². The lowest BCUT2D eigenvalue weighted by Gasteiger charge is -2.44. The van der Waals surface area contributed by atoms with Crippen LogP contribution in [0.1, 0.15) is 33.1 Å². The van der Waals surface area contributed by atoms with Crippen molar-refractivity contribution in [3.63, 3.8) is 0 Å². The molecule has 2 rings (SSSR count). The lowest BCUT2D eigenvalue weighted by molar-refractivity contribution is 0.0744. The van der Waals surface area contributed by atoms with Crippen molar-refractivity contribution < 1.29 is 4.79 Å². The number of hydrogen-bond acceptors (Lipinski definition) is 3. The number of carbonyl (C=O) groups excluding carboxylic acids is 1. The van der Waals surface area contributed by atoms with E-state index in [4.69, 9.17) is 11.1 Å². The van der Waals surface area contributed by atoms with E-state index in [1.807, 2.05) is 4.90 Å². The number of nitrogens with zero attached hydrogens (tertiary/aromatic N) is 3. The van der Waals surface area contributed by atoms with E-state index in [0.717, 1.165) is 45.4 Å². The zero-order chi connectivity index (χ0) is 14.7. The molecular weight excluding hydrogens is 254 g/mol. The van der Waals surface area contributed by atoms with Crippen LogP contribution in [0.5, 0.6) is 0 Å². The van der Waals surface area contributed by atoms with Gasteiger partial charge in [-0.15, -0.1) is 0 Å². The Bertz CT molecular complexity index is 363. The largest absolute Gasteiger partial charge is 0.386 e. The summed E-state index contributed by atoms with van der Waals surface area (Å²) in [6, 6.07) is 1.00. The molecule has 6 nitrogen and oxygen atoms in total. The molecule has 2 saturated heterocycles. The van der Waals surface area contributed by atoms with E-state index in [9.17, 15) is 4.79 Å². The minimum absolute atomic E-state index is 0.0643. The summed E-state index contributed by atoms with van der Waals surface area (Å²) < 4.78 is 0. The third-order valence-corrected chi connectivity index (χ3v) is 4.37. The number of hydrogen-bond donors (Lipinski definition) is 2. The predicted molar refractivity (Wildman–Crippen MR) is 79.9 cm³/mol. The van der Waals surface area contributed by atoms with E-state index >= 15 is 0 Å². The third kappa shape index (κ3) is 3.42. The molecule has 2 aliphatic rings. The van der Waals surface area contributed by atoms with Crippen molar-refractivity contribution in [2.75, 3.05) is 32.7 Å². The van der Waals surface area contributed by atoms with Gasteiger partial charge < -0.3 is 20.4 Å². The lowest BCUT2D eigenvalue weighted by atomic mass is 10.0. The normalized spacial score (nSPS) is 22.6. The first-order valence-corrected chi connectivity index (χ1v) is 7.61. The summed E-state index contributed by atoms with van der Waals surface area (Å²) in [5, 5.41) is 7.36. The number of likely N-dealkylation sites (tertiary alicyclic amines) is 1. The van der Waals surface area contributed by atoms with Crippen LogP contribution < -0.4 is 5.73 Å². The van der Waals surface area contributed by atoms with Crippen LogP contribution in [0.3, 0.4) is 0 Å². The molecule has 114 valence electrons. The molecule has 6 heteroatoms. The van der Waals surface area contributed by atoms with Crippen LogP contribution >= 0.6 is 0 Å². The van der Waals surface area contributed by atoms with Gasteiger partial charge in [-0.05, 0) is 33.1 Å². The molecule has 0 spiro atoms. The number of rotatable bonds is 4. The highest BCUT2D eigenvalue weighted by Gasteiger charge is 2.33. The number of nitrogens with one attached hydrogen (secondary N) is 1. The van der Waals surface area contributed by atoms with Crippen LogP contribution in [-0.4, -0.2) is 71.4 Å². The number of urea groups is 1. The molecule has 2 heterocycles. The number of amides is 2. The first-order valence-electron chi connectivity index (χ1n) is 7.61. The van der Waals surface area contributed by atoms with Crippen LogP contribution in [-0.2, 0) is 0 Å². The van der Waals surface area contributed by atoms with Gasteiger partial charge in [-0.1, -0.05) is 0 Å². The van der Waals surface area contributed by atoms with Gasteiger partial charge in [0.15, 0.2) is 0 Å². The summed E-state index contributed by atoms with van der Waals surface area (Å²) in [5.41, 5.74) is 5.43. The van der Waals surface area contributed by atoms with Gasteiger partial charge in [0, 0.05) is 38.3 Å². The summed E-state index contributed by atoms with van der Waals surface area (Å²) >= 11 is 0. The fourth-order valence-corrected chi connectivity index (χ4v) is 3.21. The minimum atomic E-state index is 0.0643. The second-order valence-corrected chi connectivity index (χ2v) is 6.14. The molecule has 3 N–H and O–H groups in total. The monoisotopic (exact) mass is 281 g/mol. The number of piperidine rings is 1. The highest BCUT2D eigenvalue weighted by molar-refractivity contribution is 5.85. The molecule has 20 heavy (non-hydrogen) atoms. The summed E-state index contributed by atoms with van der Waals surface area (Å²) in [6.07, 6.45) is 3.08. The minimum Gasteiger partial charge on any atom is -0.386 e. The fraction of sp³-hybridized carbons (Fsp3) is 0.857. The van der Waals surface area contributed by atoms with Crippen molar-refractivity contribution >= 4 is 11.9 Å². The molecule has 0 atom stereocenters. The standard InChI is InChI=1S/C14H27N5O/c1-11(2)17-8-4-12(5-9-17)19-7-3-6-18(14(19)20)10-13(15)16/h11-12H,3-10H2,1-2H3,(H3,15,16). The van der Waals surface area contributed by atoms with E-state index < -0.39 is 0 Å². The van der Waals surface area contributed by atoms with E-state index in [-0.39, 0.29) is 18.4 Å². The fourth-order valence-electron chi connectivity index (χ4n) is 3.21. The Labute approximate surface area is 121 Å². The summed E-state index contributed by atoms with van der Waals surface area (Å²) in [7, 11) is 0. The second kappa shape index (κ2) is 6.43. The summed E-state index contributed by atoms with van der Waals surface area (Å²) in [6.45, 7) is 8.42. The van der Waals surface area contributed by atoms with Crippen LogP contribution in [0.2, 0.25) is 0 Å². The molecular formula is C14H27N5O. The van der Waals surface area contributed by atoms with Gasteiger partial charge in [0.2, 0.25) is 0 Å². The highest BCUT2D eigenvalue weighted by atomic mass is 16.2. The van der Waals surface area contributed by atoms with Gasteiger partial charge in [-0.3, -0.25) is 5.41 Å². The average Bonchev–Trinajstić information content (AvgIpc) is 2.41. The van der Waals surface area contributed by atoms with Gasteiger partial charge in [0.05, 0.1) is 6.54 Å². The van der Waals surface area contributed by atoms with E-state index in [1.54, 1.807) is 4.90 Å². The third-order valence-electron chi connectivity index (χ3n) is 4.37. The quantitative estimate of drug-likeness (QED) is 0.594. The maximum Gasteiger partial charge on any atom is 0.320 e. The Kier molecular flexibility index (Phi) is 4.86. The number of nitrogens with two attached hydrogens (primary N) is 1. The van der Waals surface area contributed by atoms with E-state index in [2.05, 4.69) is 18.7 Å². The van der Waals surface area contributed by atoms with Gasteiger partial charge >= 0.3 is 6.03 Å². The molecule has 2 amide bonds. The molecule has 2 fully saturated rings. The van der Waals surface area contributed by atoms with Crippen molar-refractivity contribution in [2.24, 2.45) is 5.73 Å². The van der Waals surface area contributed by atoms with Crippen molar-refractivity contribution in [3.8, 4) is 0 Å². The number of amidine groups is 1. The van der Waals surface area contributed by atoms with Gasteiger partial charge in [0.1, 0.15) is 5.84 Å². The van der Waals surface area contributed by atoms with Crippen molar-refractivity contribution in [2.45, 2.75) is 45.2 Å². The Morgan fingerprint density at radius 2 is 1.95 bits per heavy atom. The molecule has 0 aromatic heterocycles. The van der Waals surface area contributed by atoms with Gasteiger partial charge in [-0.2, -0.15) is 0 Å². The maximum absolute atomic E-state index is 12.5. The van der Waals surface area contributed by atoms with Crippen LogP contribution in [0.4, 0.5) is 4.79 Å². The molecule has 0 bridgehead atoms. The van der Waals surface area contributed by atoms with Crippen molar-refractivity contribution in [1.29, 1.82) is 5.41 Å². The van der Waals surface area contributed by atoms with Crippen LogP contribution in [0.15, 0.2) is 0 Å². The highest BCUT2D eigenvalue weighted by Crippen LogP contribution is 2.22. The van der Waals surface area contributed by atoms with E-state index in [1.165, 1.54) is 0 Å². The zero-order valence-electron chi connectivity index (χ0n) is 12.6. The van der Waals surface area contributed by atoms with Crippen molar-refractivity contribution in [1.82, 2.24) is 14.7 Å². The Balaban J connectivity index is 1.92. The average molecular weight is 281 g/mol. The molecule has 0 aromatic rings. The smallest absolute Gasteiger partial charge is 0.320 e. The van der Waals surface area contributed by atoms with Gasteiger partial charge in [0.25, 0.3) is 0 Å². The first kappa shape index (κ1) is 15.1. The first-order chi connectivity index (χ1) is 9.49. The van der Waals surface area contributed by atoms with Crippen LogP contribution in [0, 0.1) is 5.41 Å². The molecule has 0 aliphatic carbocycles. The molecule has 0 radical (unpaired) electrons. The van der Waals surface area contributed by atoms with Crippen LogP contribution in [0.25, 0.3) is 0 Å². The maximum atomic E-state index is 12.5. The Morgan fingerprint density at radius 3 is 2.50 bits per heavy atom. The Hall–Kier alpha value is -1.30. The molecule has 0 unspecified atom stereocenters. The molecule has 0 aromatic carbocycles. The summed E-state index contributed by atoms with van der Waals surface area (Å²) in [4.78, 5) is 18.6. The number of carbonyl (C=O) groups is 1. The Morgan fingerprint density at radius 1 is 1.30 bits per heavy atom. The van der Waals surface area contributed by atoms with Crippen molar-refractivity contribution in [3.05, 3.63) is 0 Å². The zero-order valence-corrected chi connectivity index (χ0v) is 12.6. The SMILES string of the molecule is CC(C)N1CCC(N2CCCN(CC(=N)N)C2=O)CC1. The second-order valence-electron chi connectivity index (χ2n) is 6.14. The van der Waals surface area contributed by atoms with E-state index in [0.29, 0.717) is 12.1 Å². The molecule has 2 aliphatic heterocycles. The molecule has 0 saturated carbocycles. The lowest BCUT2D eigenvalue weighted by Crippen LogP contribution is -2.57. The topological polar surface area (TPSA) is 76.7 Å².